The lowest BCUT2D eigenvalue weighted by Crippen LogP contribution is -2.30. The van der Waals surface area contributed by atoms with Crippen LogP contribution in [-0.4, -0.2) is 37.2 Å². The van der Waals surface area contributed by atoms with Gasteiger partial charge in [-0.15, -0.1) is 0 Å². The van der Waals surface area contributed by atoms with Crippen molar-refractivity contribution >= 4 is 17.9 Å². The van der Waals surface area contributed by atoms with Gasteiger partial charge in [0.15, 0.2) is 6.10 Å². The Labute approximate surface area is 450 Å². The van der Waals surface area contributed by atoms with Gasteiger partial charge in [-0.3, -0.25) is 14.4 Å². The van der Waals surface area contributed by atoms with E-state index >= 15 is 0 Å². The molecule has 1 unspecified atom stereocenters. The molecule has 416 valence electrons. The molecule has 6 nitrogen and oxygen atoms in total. The Morgan fingerprint density at radius 1 is 0.288 bits per heavy atom. The molecule has 6 heteroatoms. The van der Waals surface area contributed by atoms with Crippen LogP contribution in [0, 0.1) is 0 Å². The normalized spacial score (nSPS) is 12.9. The molecule has 0 aromatic carbocycles. The first-order valence-electron chi connectivity index (χ1n) is 30.4. The largest absolute Gasteiger partial charge is 0.462 e. The van der Waals surface area contributed by atoms with E-state index in [9.17, 15) is 14.4 Å². The van der Waals surface area contributed by atoms with E-state index in [1.807, 2.05) is 0 Å². The van der Waals surface area contributed by atoms with Crippen molar-refractivity contribution < 1.29 is 28.6 Å². The van der Waals surface area contributed by atoms with Crippen molar-refractivity contribution in [2.75, 3.05) is 13.2 Å². The summed E-state index contributed by atoms with van der Waals surface area (Å²) in [7, 11) is 0. The number of unbranched alkanes of at least 4 members (excludes halogenated alkanes) is 25. The van der Waals surface area contributed by atoms with Crippen molar-refractivity contribution in [1.82, 2.24) is 0 Å². The molecule has 0 fully saturated rings. The molecule has 0 saturated carbocycles. The molecule has 0 aliphatic rings. The van der Waals surface area contributed by atoms with Gasteiger partial charge in [-0.2, -0.15) is 0 Å². The Hall–Kier alpha value is -3.93. The predicted molar refractivity (Wildman–Crippen MR) is 316 cm³/mol. The summed E-state index contributed by atoms with van der Waals surface area (Å²) in [4.78, 5) is 38.1. The summed E-state index contributed by atoms with van der Waals surface area (Å²) in [6.07, 6.45) is 82.4. The number of esters is 3. The number of ether oxygens (including phenoxy) is 3. The van der Waals surface area contributed by atoms with Crippen molar-refractivity contribution in [2.45, 2.75) is 284 Å². The summed E-state index contributed by atoms with van der Waals surface area (Å²) in [5, 5.41) is 0. The van der Waals surface area contributed by atoms with E-state index in [0.717, 1.165) is 103 Å². The summed E-state index contributed by atoms with van der Waals surface area (Å²) >= 11 is 0. The van der Waals surface area contributed by atoms with Crippen LogP contribution in [0.15, 0.2) is 109 Å². The first-order valence-corrected chi connectivity index (χ1v) is 30.4. The Morgan fingerprint density at radius 2 is 0.534 bits per heavy atom. The maximum atomic E-state index is 12.8. The van der Waals surface area contributed by atoms with Crippen LogP contribution in [0.4, 0.5) is 0 Å². The molecule has 0 N–H and O–H groups in total. The third kappa shape index (κ3) is 58.8. The molecular weight excluding hydrogens is 901 g/mol. The Kier molecular flexibility index (Phi) is 57.4. The van der Waals surface area contributed by atoms with E-state index in [-0.39, 0.29) is 37.5 Å². The minimum Gasteiger partial charge on any atom is -0.462 e. The van der Waals surface area contributed by atoms with Gasteiger partial charge in [0.2, 0.25) is 0 Å². The van der Waals surface area contributed by atoms with Gasteiger partial charge in [-0.05, 0) is 83.5 Å². The molecule has 0 bridgehead atoms. The zero-order chi connectivity index (χ0) is 52.9. The average Bonchev–Trinajstić information content (AvgIpc) is 3.39. The van der Waals surface area contributed by atoms with Gasteiger partial charge >= 0.3 is 17.9 Å². The van der Waals surface area contributed by atoms with Crippen LogP contribution >= 0.6 is 0 Å². The first kappa shape index (κ1) is 69.1. The molecule has 73 heavy (non-hydrogen) atoms. The molecule has 0 spiro atoms. The van der Waals surface area contributed by atoms with Crippen molar-refractivity contribution in [1.29, 1.82) is 0 Å². The highest BCUT2D eigenvalue weighted by Crippen LogP contribution is 2.16. The third-order valence-corrected chi connectivity index (χ3v) is 12.8. The average molecular weight is 1010 g/mol. The van der Waals surface area contributed by atoms with Gasteiger partial charge in [-0.1, -0.05) is 284 Å². The van der Waals surface area contributed by atoms with Crippen LogP contribution in [0.2, 0.25) is 0 Å². The topological polar surface area (TPSA) is 78.9 Å². The lowest BCUT2D eigenvalue weighted by atomic mass is 10.0. The van der Waals surface area contributed by atoms with Gasteiger partial charge in [0.25, 0.3) is 0 Å². The number of carbonyl (C=O) groups excluding carboxylic acids is 3. The molecule has 0 aliphatic carbocycles. The lowest BCUT2D eigenvalue weighted by Gasteiger charge is -2.18. The minimum absolute atomic E-state index is 0.0932. The fourth-order valence-electron chi connectivity index (χ4n) is 8.27. The van der Waals surface area contributed by atoms with E-state index in [2.05, 4.69) is 130 Å². The Morgan fingerprint density at radius 3 is 0.836 bits per heavy atom. The first-order chi connectivity index (χ1) is 36.0. The number of carbonyl (C=O) groups is 3. The second-order valence-electron chi connectivity index (χ2n) is 19.9. The SMILES string of the molecule is CC/C=C\C/C=C\C/C=C\C/C=C\C/C=C\C/C=C\C/C=C\C/C=C\C/C=C\CCCC(=O)OCC(COC(=O)CCCCCCCCCCCC)OC(=O)CCCCCCCCCCCCCCCCCC. The summed E-state index contributed by atoms with van der Waals surface area (Å²) in [5.41, 5.74) is 0. The molecule has 0 aliphatic heterocycles. The van der Waals surface area contributed by atoms with Crippen molar-refractivity contribution in [3.8, 4) is 0 Å². The second kappa shape index (κ2) is 60.6. The van der Waals surface area contributed by atoms with Crippen LogP contribution in [0.1, 0.15) is 278 Å². The van der Waals surface area contributed by atoms with Gasteiger partial charge in [-0.25, -0.2) is 0 Å². The molecule has 1 atom stereocenters. The third-order valence-electron chi connectivity index (χ3n) is 12.8. The standard InChI is InChI=1S/C67H112O6/c1-4-7-10-13-16-19-22-24-26-28-29-30-31-32-33-34-35-36-37-38-39-40-42-43-45-48-51-54-57-60-66(69)72-63-64(62-71-65(68)59-56-53-50-47-21-18-15-12-9-6-3)73-67(70)61-58-55-52-49-46-44-41-27-25-23-20-17-14-11-8-5-2/h7,10,16,19,24,26,29-30,32-33,35-36,38-39,42-43,48,51,64H,4-6,8-9,11-15,17-18,20-23,25,27-28,31,34,37,40-41,44-47,49-50,52-63H2,1-3H3/b10-7-,19-16-,26-24-,30-29-,33-32-,36-35-,39-38-,43-42-,51-48-. The highest BCUT2D eigenvalue weighted by atomic mass is 16.6. The molecular formula is C67H112O6. The lowest BCUT2D eigenvalue weighted by molar-refractivity contribution is -0.167. The van der Waals surface area contributed by atoms with Gasteiger partial charge < -0.3 is 14.2 Å². The smallest absolute Gasteiger partial charge is 0.306 e. The second-order valence-corrected chi connectivity index (χ2v) is 19.9. The molecule has 0 amide bonds. The molecule has 0 saturated heterocycles. The van der Waals surface area contributed by atoms with E-state index < -0.39 is 6.10 Å². The maximum absolute atomic E-state index is 12.8. The highest BCUT2D eigenvalue weighted by molar-refractivity contribution is 5.71. The van der Waals surface area contributed by atoms with E-state index in [4.69, 9.17) is 14.2 Å². The zero-order valence-corrected chi connectivity index (χ0v) is 47.6. The van der Waals surface area contributed by atoms with Gasteiger partial charge in [0, 0.05) is 19.3 Å². The Bertz CT molecular complexity index is 1490. The fraction of sp³-hybridized carbons (Fsp3) is 0.687. The molecule has 0 aromatic heterocycles. The number of hydrogen-bond acceptors (Lipinski definition) is 6. The molecule has 0 radical (unpaired) electrons. The van der Waals surface area contributed by atoms with Crippen molar-refractivity contribution in [2.24, 2.45) is 0 Å². The zero-order valence-electron chi connectivity index (χ0n) is 47.6. The summed E-state index contributed by atoms with van der Waals surface area (Å²) in [5.74, 6) is -0.951. The summed E-state index contributed by atoms with van der Waals surface area (Å²) in [6.45, 7) is 6.48. The Balaban J connectivity index is 4.36. The summed E-state index contributed by atoms with van der Waals surface area (Å²) < 4.78 is 16.8. The molecule has 0 rings (SSSR count). The molecule has 0 heterocycles. The van der Waals surface area contributed by atoms with Crippen LogP contribution in [0.5, 0.6) is 0 Å². The van der Waals surface area contributed by atoms with E-state index in [0.29, 0.717) is 19.3 Å². The number of allylic oxidation sites excluding steroid dienone is 18. The number of hydrogen-bond donors (Lipinski definition) is 0. The van der Waals surface area contributed by atoms with Crippen LogP contribution in [0.25, 0.3) is 0 Å². The van der Waals surface area contributed by atoms with Crippen LogP contribution in [-0.2, 0) is 28.6 Å². The predicted octanol–water partition coefficient (Wildman–Crippen LogP) is 20.7. The van der Waals surface area contributed by atoms with Crippen LogP contribution < -0.4 is 0 Å². The van der Waals surface area contributed by atoms with Crippen LogP contribution in [0.3, 0.4) is 0 Å². The van der Waals surface area contributed by atoms with Gasteiger partial charge in [0.05, 0.1) is 0 Å². The van der Waals surface area contributed by atoms with Gasteiger partial charge in [0.1, 0.15) is 13.2 Å². The molecule has 0 aromatic rings. The minimum atomic E-state index is -0.799. The van der Waals surface area contributed by atoms with Crippen molar-refractivity contribution in [3.63, 3.8) is 0 Å². The summed E-state index contributed by atoms with van der Waals surface area (Å²) in [6, 6.07) is 0. The maximum Gasteiger partial charge on any atom is 0.306 e. The van der Waals surface area contributed by atoms with Crippen molar-refractivity contribution in [3.05, 3.63) is 109 Å². The number of rotatable bonds is 54. The quantitative estimate of drug-likeness (QED) is 0.0261. The highest BCUT2D eigenvalue weighted by Gasteiger charge is 2.19. The fourth-order valence-corrected chi connectivity index (χ4v) is 8.27. The monoisotopic (exact) mass is 1010 g/mol. The van der Waals surface area contributed by atoms with E-state index in [1.165, 1.54) is 128 Å². The van der Waals surface area contributed by atoms with E-state index in [1.54, 1.807) is 0 Å².